The molecule has 0 aromatic heterocycles. The van der Waals surface area contributed by atoms with Gasteiger partial charge in [-0.05, 0) is 18.8 Å². The van der Waals surface area contributed by atoms with Crippen molar-refractivity contribution in [3.63, 3.8) is 0 Å². The highest BCUT2D eigenvalue weighted by Crippen LogP contribution is 2.22. The average Bonchev–Trinajstić information content (AvgIpc) is 2.19. The molecule has 0 unspecified atom stereocenters. The number of oxime groups is 1. The van der Waals surface area contributed by atoms with Crippen molar-refractivity contribution >= 4 is 6.21 Å². The summed E-state index contributed by atoms with van der Waals surface area (Å²) < 4.78 is 0. The lowest BCUT2D eigenvalue weighted by molar-refractivity contribution is 0.318. The van der Waals surface area contributed by atoms with Crippen LogP contribution in [0.4, 0.5) is 0 Å². The van der Waals surface area contributed by atoms with Crippen LogP contribution in [0.5, 0.6) is 0 Å². The summed E-state index contributed by atoms with van der Waals surface area (Å²) in [6.07, 6.45) is 6.68. The Hall–Kier alpha value is -0.530. The molecule has 1 aliphatic carbocycles. The van der Waals surface area contributed by atoms with E-state index < -0.39 is 0 Å². The molecule has 1 rings (SSSR count). The van der Waals surface area contributed by atoms with Crippen molar-refractivity contribution in [3.05, 3.63) is 0 Å². The second kappa shape index (κ2) is 2.70. The van der Waals surface area contributed by atoms with Crippen LogP contribution >= 0.6 is 0 Å². The van der Waals surface area contributed by atoms with E-state index in [0.717, 1.165) is 0 Å². The van der Waals surface area contributed by atoms with Crippen LogP contribution in [-0.2, 0) is 0 Å². The van der Waals surface area contributed by atoms with Gasteiger partial charge in [0.2, 0.25) is 0 Å². The van der Waals surface area contributed by atoms with Gasteiger partial charge in [0.05, 0.1) is 0 Å². The summed E-state index contributed by atoms with van der Waals surface area (Å²) in [5.41, 5.74) is 0. The highest BCUT2D eigenvalue weighted by atomic mass is 16.4. The smallest absolute Gasteiger partial charge is 0.0466 e. The minimum atomic E-state index is 0.569. The third kappa shape index (κ3) is 1.22. The van der Waals surface area contributed by atoms with E-state index in [-0.39, 0.29) is 0 Å². The van der Waals surface area contributed by atoms with Gasteiger partial charge in [0.15, 0.2) is 0 Å². The van der Waals surface area contributed by atoms with E-state index in [4.69, 9.17) is 5.21 Å². The molecular weight excluding hydrogens is 102 g/mol. The van der Waals surface area contributed by atoms with Crippen molar-refractivity contribution in [2.45, 2.75) is 25.7 Å². The zero-order valence-corrected chi connectivity index (χ0v) is 4.88. The zero-order chi connectivity index (χ0) is 5.82. The average molecular weight is 113 g/mol. The Morgan fingerprint density at radius 2 is 2.00 bits per heavy atom. The molecule has 46 valence electrons. The Morgan fingerprint density at radius 3 is 2.50 bits per heavy atom. The fourth-order valence-electron chi connectivity index (χ4n) is 1.20. The fourth-order valence-corrected chi connectivity index (χ4v) is 1.20. The third-order valence-corrected chi connectivity index (χ3v) is 1.68. The van der Waals surface area contributed by atoms with Crippen molar-refractivity contribution in [3.8, 4) is 0 Å². The summed E-state index contributed by atoms with van der Waals surface area (Å²) in [5.74, 6) is 0.569. The summed E-state index contributed by atoms with van der Waals surface area (Å²) in [6.45, 7) is 0. The molecule has 8 heavy (non-hydrogen) atoms. The minimum Gasteiger partial charge on any atom is -0.411 e. The lowest BCUT2D eigenvalue weighted by Crippen LogP contribution is -1.92. The molecule has 0 aromatic carbocycles. The largest absolute Gasteiger partial charge is 0.411 e. The van der Waals surface area contributed by atoms with Gasteiger partial charge in [0, 0.05) is 6.21 Å². The highest BCUT2D eigenvalue weighted by molar-refractivity contribution is 5.60. The van der Waals surface area contributed by atoms with E-state index in [1.165, 1.54) is 25.7 Å². The SMILES string of the molecule is O/N=C/C1CCCC1. The van der Waals surface area contributed by atoms with Crippen molar-refractivity contribution < 1.29 is 5.21 Å². The van der Waals surface area contributed by atoms with Crippen molar-refractivity contribution in [1.82, 2.24) is 0 Å². The molecule has 0 atom stereocenters. The highest BCUT2D eigenvalue weighted by Gasteiger charge is 2.11. The molecule has 1 aliphatic rings. The molecule has 0 aliphatic heterocycles. The second-order valence-electron chi connectivity index (χ2n) is 2.31. The molecule has 2 heteroatoms. The van der Waals surface area contributed by atoms with Crippen LogP contribution in [0.25, 0.3) is 0 Å². The van der Waals surface area contributed by atoms with Crippen LogP contribution in [0.2, 0.25) is 0 Å². The predicted octanol–water partition coefficient (Wildman–Crippen LogP) is 1.64. The van der Waals surface area contributed by atoms with E-state index in [0.29, 0.717) is 5.92 Å². The number of rotatable bonds is 1. The first kappa shape index (κ1) is 5.60. The molecule has 1 fully saturated rings. The Morgan fingerprint density at radius 1 is 1.38 bits per heavy atom. The molecule has 0 heterocycles. The molecule has 0 saturated heterocycles. The summed E-state index contributed by atoms with van der Waals surface area (Å²) in [6, 6.07) is 0. The quantitative estimate of drug-likeness (QED) is 0.313. The zero-order valence-electron chi connectivity index (χ0n) is 4.88. The van der Waals surface area contributed by atoms with Crippen LogP contribution in [-0.4, -0.2) is 11.4 Å². The molecular formula is C6H11NO. The fraction of sp³-hybridized carbons (Fsp3) is 0.833. The van der Waals surface area contributed by atoms with E-state index >= 15 is 0 Å². The van der Waals surface area contributed by atoms with E-state index in [1.807, 2.05) is 0 Å². The molecule has 2 nitrogen and oxygen atoms in total. The molecule has 1 N–H and O–H groups in total. The Kier molecular flexibility index (Phi) is 1.89. The van der Waals surface area contributed by atoms with Crippen LogP contribution in [0.1, 0.15) is 25.7 Å². The number of hydrogen-bond donors (Lipinski definition) is 1. The second-order valence-corrected chi connectivity index (χ2v) is 2.31. The molecule has 0 amide bonds. The van der Waals surface area contributed by atoms with Gasteiger partial charge in [-0.15, -0.1) is 5.16 Å². The lowest BCUT2D eigenvalue weighted by atomic mass is 10.1. The molecule has 0 bridgehead atoms. The maximum absolute atomic E-state index is 8.10. The molecule has 0 aromatic rings. The van der Waals surface area contributed by atoms with Crippen LogP contribution in [0.3, 0.4) is 0 Å². The first-order valence-electron chi connectivity index (χ1n) is 3.11. The first-order chi connectivity index (χ1) is 3.93. The Labute approximate surface area is 49.2 Å². The molecule has 0 radical (unpaired) electrons. The molecule has 0 spiro atoms. The number of hydrogen-bond acceptors (Lipinski definition) is 2. The minimum absolute atomic E-state index is 0.569. The van der Waals surface area contributed by atoms with E-state index in [2.05, 4.69) is 5.16 Å². The standard InChI is InChI=1S/C6H11NO/c8-7-5-6-3-1-2-4-6/h5-6,8H,1-4H2/b7-5+. The topological polar surface area (TPSA) is 32.6 Å². The van der Waals surface area contributed by atoms with Gasteiger partial charge in [-0.2, -0.15) is 0 Å². The monoisotopic (exact) mass is 113 g/mol. The van der Waals surface area contributed by atoms with Gasteiger partial charge < -0.3 is 5.21 Å². The maximum atomic E-state index is 8.10. The normalized spacial score (nSPS) is 23.0. The van der Waals surface area contributed by atoms with Gasteiger partial charge in [0.1, 0.15) is 0 Å². The van der Waals surface area contributed by atoms with Gasteiger partial charge in [-0.25, -0.2) is 0 Å². The lowest BCUT2D eigenvalue weighted by Gasteiger charge is -1.94. The van der Waals surface area contributed by atoms with E-state index in [1.54, 1.807) is 6.21 Å². The van der Waals surface area contributed by atoms with Gasteiger partial charge in [0.25, 0.3) is 0 Å². The van der Waals surface area contributed by atoms with Crippen molar-refractivity contribution in [1.29, 1.82) is 0 Å². The Balaban J connectivity index is 2.24. The van der Waals surface area contributed by atoms with Gasteiger partial charge in [-0.1, -0.05) is 12.8 Å². The van der Waals surface area contributed by atoms with Crippen molar-refractivity contribution in [2.75, 3.05) is 0 Å². The van der Waals surface area contributed by atoms with Crippen molar-refractivity contribution in [2.24, 2.45) is 11.1 Å². The van der Waals surface area contributed by atoms with Gasteiger partial charge >= 0.3 is 0 Å². The molecule has 1 saturated carbocycles. The van der Waals surface area contributed by atoms with Crippen LogP contribution in [0.15, 0.2) is 5.16 Å². The van der Waals surface area contributed by atoms with E-state index in [9.17, 15) is 0 Å². The third-order valence-electron chi connectivity index (χ3n) is 1.68. The summed E-state index contributed by atoms with van der Waals surface area (Å²) in [5, 5.41) is 11.1. The Bertz CT molecular complexity index is 84.5. The van der Waals surface area contributed by atoms with Crippen LogP contribution < -0.4 is 0 Å². The number of nitrogens with zero attached hydrogens (tertiary/aromatic N) is 1. The summed E-state index contributed by atoms with van der Waals surface area (Å²) in [7, 11) is 0. The predicted molar refractivity (Wildman–Crippen MR) is 32.2 cm³/mol. The summed E-state index contributed by atoms with van der Waals surface area (Å²) >= 11 is 0. The maximum Gasteiger partial charge on any atom is 0.0466 e. The first-order valence-corrected chi connectivity index (χ1v) is 3.11. The van der Waals surface area contributed by atoms with Crippen LogP contribution in [0, 0.1) is 5.92 Å². The van der Waals surface area contributed by atoms with Gasteiger partial charge in [-0.3, -0.25) is 0 Å². The summed E-state index contributed by atoms with van der Waals surface area (Å²) in [4.78, 5) is 0.